The Balaban J connectivity index is 1.48. The topological polar surface area (TPSA) is 35.6 Å². The fourth-order valence-electron chi connectivity index (χ4n) is 4.51. The first-order valence-corrected chi connectivity index (χ1v) is 10.5. The number of hydrogen-bond donors (Lipinski definition) is 1. The van der Waals surface area contributed by atoms with Crippen molar-refractivity contribution in [3.63, 3.8) is 0 Å². The Bertz CT molecular complexity index is 970. The molecule has 1 amide bonds. The molecule has 2 aromatic carbocycles. The molecule has 166 valence electrons. The number of halogens is 4. The smallest absolute Gasteiger partial charge is 0.370 e. The molecular weight excluding hydrogens is 410 g/mol. The first-order chi connectivity index (χ1) is 14.7. The van der Waals surface area contributed by atoms with Crippen LogP contribution in [0.3, 0.4) is 0 Å². The van der Waals surface area contributed by atoms with E-state index in [1.165, 1.54) is 12.8 Å². The first kappa shape index (κ1) is 21.6. The number of nitrogens with zero attached hydrogens (tertiary/aromatic N) is 2. The molecule has 2 aliphatic heterocycles. The van der Waals surface area contributed by atoms with Gasteiger partial charge in [-0.1, -0.05) is 0 Å². The molecule has 2 aromatic rings. The summed E-state index contributed by atoms with van der Waals surface area (Å²) in [6.45, 7) is 6.00. The maximum atomic E-state index is 13.5. The molecule has 4 rings (SSSR count). The molecule has 2 saturated heterocycles. The molecule has 2 fully saturated rings. The fraction of sp³-hybridized carbons (Fsp3) is 0.435. The van der Waals surface area contributed by atoms with E-state index in [0.717, 1.165) is 43.9 Å². The number of carbonyl (C=O) groups is 1. The molecule has 2 aliphatic rings. The second-order valence-electron chi connectivity index (χ2n) is 8.27. The van der Waals surface area contributed by atoms with Crippen molar-refractivity contribution in [2.75, 3.05) is 36.4 Å². The second kappa shape index (κ2) is 8.49. The first-order valence-electron chi connectivity index (χ1n) is 10.5. The number of likely N-dealkylation sites (tertiary alicyclic amines) is 1. The minimum Gasteiger partial charge on any atom is -0.370 e. The van der Waals surface area contributed by atoms with Gasteiger partial charge in [0.05, 0.1) is 11.1 Å². The number of amides is 1. The quantitative estimate of drug-likeness (QED) is 0.681. The molecule has 8 heteroatoms. The summed E-state index contributed by atoms with van der Waals surface area (Å²) in [5, 5.41) is 2.51. The van der Waals surface area contributed by atoms with Gasteiger partial charge in [-0.3, -0.25) is 9.69 Å². The highest BCUT2D eigenvalue weighted by Crippen LogP contribution is 2.33. The van der Waals surface area contributed by atoms with E-state index in [9.17, 15) is 22.4 Å². The number of hydrogen-bond acceptors (Lipinski definition) is 3. The fourth-order valence-corrected chi connectivity index (χ4v) is 4.51. The minimum absolute atomic E-state index is 0.404. The Kier molecular flexibility index (Phi) is 5.92. The molecule has 0 spiro atoms. The van der Waals surface area contributed by atoms with Crippen LogP contribution in [0.5, 0.6) is 0 Å². The van der Waals surface area contributed by atoms with E-state index in [-0.39, 0.29) is 0 Å². The number of nitrogens with one attached hydrogen (secondary N) is 1. The Morgan fingerprint density at radius 2 is 1.81 bits per heavy atom. The van der Waals surface area contributed by atoms with Crippen LogP contribution in [0.4, 0.5) is 28.9 Å². The lowest BCUT2D eigenvalue weighted by Gasteiger charge is -2.25. The second-order valence-corrected chi connectivity index (χ2v) is 8.27. The van der Waals surface area contributed by atoms with Crippen molar-refractivity contribution < 1.29 is 22.4 Å². The van der Waals surface area contributed by atoms with Crippen molar-refractivity contribution in [2.45, 2.75) is 38.4 Å². The van der Waals surface area contributed by atoms with Gasteiger partial charge in [0.1, 0.15) is 5.82 Å². The van der Waals surface area contributed by atoms with E-state index >= 15 is 0 Å². The van der Waals surface area contributed by atoms with Crippen molar-refractivity contribution in [1.29, 1.82) is 0 Å². The van der Waals surface area contributed by atoms with E-state index < -0.39 is 29.0 Å². The van der Waals surface area contributed by atoms with Crippen LogP contribution in [0.1, 0.15) is 40.7 Å². The third-order valence-corrected chi connectivity index (χ3v) is 6.18. The maximum Gasteiger partial charge on any atom is 0.417 e. The van der Waals surface area contributed by atoms with Crippen molar-refractivity contribution in [1.82, 2.24) is 4.90 Å². The van der Waals surface area contributed by atoms with Gasteiger partial charge < -0.3 is 10.2 Å². The molecule has 31 heavy (non-hydrogen) atoms. The maximum absolute atomic E-state index is 13.5. The molecule has 1 N–H and O–H groups in total. The monoisotopic (exact) mass is 435 g/mol. The van der Waals surface area contributed by atoms with Gasteiger partial charge in [-0.2, -0.15) is 13.2 Å². The SMILES string of the molecule is Cc1cc(N2CC[C@H](N3CCCC3)C2)ccc1NC(=O)c1cc(F)ccc1C(F)(F)F. The predicted molar refractivity (Wildman–Crippen MR) is 112 cm³/mol. The van der Waals surface area contributed by atoms with Crippen LogP contribution < -0.4 is 10.2 Å². The number of alkyl halides is 3. The van der Waals surface area contributed by atoms with Gasteiger partial charge in [-0.05, 0) is 81.2 Å². The Hall–Kier alpha value is -2.61. The van der Waals surface area contributed by atoms with E-state index in [1.807, 2.05) is 12.1 Å². The molecule has 0 aliphatic carbocycles. The molecule has 0 saturated carbocycles. The average Bonchev–Trinajstić information content (AvgIpc) is 3.40. The summed E-state index contributed by atoms with van der Waals surface area (Å²) in [5.41, 5.74) is 0.274. The summed E-state index contributed by atoms with van der Waals surface area (Å²) in [4.78, 5) is 17.4. The van der Waals surface area contributed by atoms with Gasteiger partial charge >= 0.3 is 6.18 Å². The largest absolute Gasteiger partial charge is 0.417 e. The van der Waals surface area contributed by atoms with Crippen LogP contribution in [0, 0.1) is 12.7 Å². The van der Waals surface area contributed by atoms with Crippen LogP contribution in [-0.4, -0.2) is 43.0 Å². The third-order valence-electron chi connectivity index (χ3n) is 6.18. The molecule has 1 atom stereocenters. The summed E-state index contributed by atoms with van der Waals surface area (Å²) >= 11 is 0. The van der Waals surface area contributed by atoms with E-state index in [1.54, 1.807) is 13.0 Å². The highest BCUT2D eigenvalue weighted by Gasteiger charge is 2.35. The predicted octanol–water partition coefficient (Wildman–Crippen LogP) is 5.08. The standard InChI is InChI=1S/C23H25F4N3O/c1-15-12-17(30-11-8-18(14-30)29-9-2-3-10-29)5-7-21(15)28-22(31)19-13-16(24)4-6-20(19)23(25,26)27/h4-7,12-13,18H,2-3,8-11,14H2,1H3,(H,28,31)/t18-/m0/s1. The summed E-state index contributed by atoms with van der Waals surface area (Å²) < 4.78 is 53.2. The number of anilines is 2. The Morgan fingerprint density at radius 3 is 2.48 bits per heavy atom. The van der Waals surface area contributed by atoms with Gasteiger partial charge in [0.15, 0.2) is 0 Å². The van der Waals surface area contributed by atoms with Crippen molar-refractivity contribution >= 4 is 17.3 Å². The summed E-state index contributed by atoms with van der Waals surface area (Å²) in [7, 11) is 0. The summed E-state index contributed by atoms with van der Waals surface area (Å²) in [6.07, 6.45) is -1.13. The van der Waals surface area contributed by atoms with Crippen molar-refractivity contribution in [3.05, 3.63) is 58.9 Å². The van der Waals surface area contributed by atoms with Crippen LogP contribution in [0.2, 0.25) is 0 Å². The zero-order valence-electron chi connectivity index (χ0n) is 17.3. The molecule has 2 heterocycles. The molecule has 4 nitrogen and oxygen atoms in total. The van der Waals surface area contributed by atoms with Crippen LogP contribution in [0.15, 0.2) is 36.4 Å². The zero-order valence-corrected chi connectivity index (χ0v) is 17.3. The number of benzene rings is 2. The average molecular weight is 435 g/mol. The number of carbonyl (C=O) groups excluding carboxylic acids is 1. The van der Waals surface area contributed by atoms with Gasteiger partial charge in [-0.25, -0.2) is 4.39 Å². The van der Waals surface area contributed by atoms with Gasteiger partial charge in [0, 0.05) is 30.5 Å². The summed E-state index contributed by atoms with van der Waals surface area (Å²) in [5.74, 6) is -1.88. The molecule has 0 radical (unpaired) electrons. The lowest BCUT2D eigenvalue weighted by atomic mass is 10.1. The molecular formula is C23H25F4N3O. The molecule has 0 aromatic heterocycles. The highest BCUT2D eigenvalue weighted by molar-refractivity contribution is 6.05. The van der Waals surface area contributed by atoms with Gasteiger partial charge in [0.25, 0.3) is 5.91 Å². The van der Waals surface area contributed by atoms with E-state index in [4.69, 9.17) is 0 Å². The third kappa shape index (κ3) is 4.69. The van der Waals surface area contributed by atoms with Crippen LogP contribution in [0.25, 0.3) is 0 Å². The highest BCUT2D eigenvalue weighted by atomic mass is 19.4. The van der Waals surface area contributed by atoms with Gasteiger partial charge in [-0.15, -0.1) is 0 Å². The lowest BCUT2D eigenvalue weighted by molar-refractivity contribution is -0.137. The van der Waals surface area contributed by atoms with Crippen molar-refractivity contribution in [3.8, 4) is 0 Å². The number of aryl methyl sites for hydroxylation is 1. The zero-order chi connectivity index (χ0) is 22.2. The lowest BCUT2D eigenvalue weighted by Crippen LogP contribution is -2.35. The Labute approximate surface area is 178 Å². The van der Waals surface area contributed by atoms with Crippen LogP contribution >= 0.6 is 0 Å². The van der Waals surface area contributed by atoms with Crippen LogP contribution in [-0.2, 0) is 6.18 Å². The minimum atomic E-state index is -4.75. The summed E-state index contributed by atoms with van der Waals surface area (Å²) in [6, 6.07) is 7.94. The van der Waals surface area contributed by atoms with E-state index in [0.29, 0.717) is 29.9 Å². The van der Waals surface area contributed by atoms with Gasteiger partial charge in [0.2, 0.25) is 0 Å². The normalized spacial score (nSPS) is 19.8. The Morgan fingerprint density at radius 1 is 1.06 bits per heavy atom. The van der Waals surface area contributed by atoms with Crippen molar-refractivity contribution in [2.24, 2.45) is 0 Å². The van der Waals surface area contributed by atoms with E-state index in [2.05, 4.69) is 15.1 Å². The number of rotatable bonds is 4. The molecule has 0 unspecified atom stereocenters. The molecule has 0 bridgehead atoms.